The molecule has 0 aliphatic carbocycles. The summed E-state index contributed by atoms with van der Waals surface area (Å²) in [6.07, 6.45) is -0.504. The number of carbonyl (C=O) groups is 3. The summed E-state index contributed by atoms with van der Waals surface area (Å²) in [5.74, 6) is 0.101. The summed E-state index contributed by atoms with van der Waals surface area (Å²) < 4.78 is 11.4. The van der Waals surface area contributed by atoms with E-state index in [9.17, 15) is 14.4 Å². The lowest BCUT2D eigenvalue weighted by Crippen LogP contribution is -2.46. The molecule has 2 heterocycles. The Morgan fingerprint density at radius 1 is 1.07 bits per heavy atom. The fourth-order valence-electron chi connectivity index (χ4n) is 3.10. The summed E-state index contributed by atoms with van der Waals surface area (Å²) in [7, 11) is 0. The molecule has 0 fully saturated rings. The molecule has 0 bridgehead atoms. The molecular formula is C20H19N3O5. The van der Waals surface area contributed by atoms with Gasteiger partial charge in [-0.05, 0) is 24.3 Å². The van der Waals surface area contributed by atoms with Crippen molar-refractivity contribution in [2.24, 2.45) is 0 Å². The van der Waals surface area contributed by atoms with E-state index in [-0.39, 0.29) is 25.0 Å². The number of benzene rings is 2. The number of hydrogen-bond donors (Lipinski definition) is 3. The number of amides is 3. The largest absolute Gasteiger partial charge is 0.486 e. The van der Waals surface area contributed by atoms with E-state index < -0.39 is 17.9 Å². The normalized spacial score (nSPS) is 20.3. The average Bonchev–Trinajstić information content (AvgIpc) is 2.82. The first-order valence-electron chi connectivity index (χ1n) is 8.96. The van der Waals surface area contributed by atoms with Crippen LogP contribution in [0.1, 0.15) is 16.8 Å². The zero-order valence-corrected chi connectivity index (χ0v) is 14.9. The van der Waals surface area contributed by atoms with Crippen molar-refractivity contribution in [1.82, 2.24) is 10.6 Å². The average molecular weight is 381 g/mol. The van der Waals surface area contributed by atoms with Crippen molar-refractivity contribution < 1.29 is 23.9 Å². The van der Waals surface area contributed by atoms with Crippen LogP contribution in [-0.4, -0.2) is 43.0 Å². The van der Waals surface area contributed by atoms with E-state index >= 15 is 0 Å². The molecule has 0 radical (unpaired) electrons. The van der Waals surface area contributed by atoms with Gasteiger partial charge in [0.25, 0.3) is 5.91 Å². The number of rotatable bonds is 4. The van der Waals surface area contributed by atoms with Crippen LogP contribution >= 0.6 is 0 Å². The maximum absolute atomic E-state index is 12.4. The van der Waals surface area contributed by atoms with Crippen molar-refractivity contribution in [2.45, 2.75) is 18.6 Å². The van der Waals surface area contributed by atoms with Crippen LogP contribution in [0.15, 0.2) is 48.5 Å². The van der Waals surface area contributed by atoms with E-state index in [1.807, 2.05) is 18.2 Å². The van der Waals surface area contributed by atoms with Gasteiger partial charge in [0.05, 0.1) is 24.2 Å². The molecule has 3 N–H and O–H groups in total. The van der Waals surface area contributed by atoms with Crippen molar-refractivity contribution in [3.8, 4) is 11.5 Å². The molecule has 2 aromatic carbocycles. The van der Waals surface area contributed by atoms with Crippen LogP contribution in [0, 0.1) is 0 Å². The van der Waals surface area contributed by atoms with E-state index in [0.29, 0.717) is 29.4 Å². The highest BCUT2D eigenvalue weighted by molar-refractivity contribution is 6.10. The molecule has 2 atom stereocenters. The third-order valence-electron chi connectivity index (χ3n) is 4.54. The first-order valence-corrected chi connectivity index (χ1v) is 8.96. The molecule has 2 aliphatic heterocycles. The highest BCUT2D eigenvalue weighted by atomic mass is 16.6. The van der Waals surface area contributed by atoms with Crippen molar-refractivity contribution in [1.29, 1.82) is 0 Å². The summed E-state index contributed by atoms with van der Waals surface area (Å²) in [5.41, 5.74) is 0.796. The van der Waals surface area contributed by atoms with Crippen LogP contribution in [-0.2, 0) is 9.59 Å². The molecule has 2 aromatic rings. The van der Waals surface area contributed by atoms with Gasteiger partial charge in [-0.25, -0.2) is 0 Å². The van der Waals surface area contributed by atoms with Gasteiger partial charge in [0.2, 0.25) is 11.8 Å². The SMILES string of the molecule is O=C(C[C@@H]1NC(=O)c2ccccc2NC1=O)NC[C@H]1COc2ccccc2O1. The van der Waals surface area contributed by atoms with Gasteiger partial charge in [-0.3, -0.25) is 14.4 Å². The standard InChI is InChI=1S/C20H19N3O5/c24-18(21-10-12-11-27-16-7-3-4-8-17(16)28-12)9-15-20(26)22-14-6-2-1-5-13(14)19(25)23-15/h1-8,12,15H,9-11H2,(H,21,24)(H,22,26)(H,23,25)/t12-,15-/m0/s1. The number of fused-ring (bicyclic) bond motifs is 2. The Morgan fingerprint density at radius 3 is 2.68 bits per heavy atom. The molecule has 144 valence electrons. The molecule has 0 unspecified atom stereocenters. The summed E-state index contributed by atoms with van der Waals surface area (Å²) in [6, 6.07) is 13.1. The van der Waals surface area contributed by atoms with Crippen LogP contribution in [0.3, 0.4) is 0 Å². The smallest absolute Gasteiger partial charge is 0.254 e. The van der Waals surface area contributed by atoms with Crippen molar-refractivity contribution in [3.63, 3.8) is 0 Å². The molecule has 28 heavy (non-hydrogen) atoms. The van der Waals surface area contributed by atoms with Gasteiger partial charge in [-0.1, -0.05) is 24.3 Å². The van der Waals surface area contributed by atoms with Crippen molar-refractivity contribution in [3.05, 3.63) is 54.1 Å². The maximum atomic E-state index is 12.4. The first-order chi connectivity index (χ1) is 13.6. The minimum absolute atomic E-state index is 0.171. The van der Waals surface area contributed by atoms with Gasteiger partial charge in [-0.2, -0.15) is 0 Å². The van der Waals surface area contributed by atoms with Crippen LogP contribution in [0.4, 0.5) is 5.69 Å². The lowest BCUT2D eigenvalue weighted by molar-refractivity contribution is -0.126. The Hall–Kier alpha value is -3.55. The summed E-state index contributed by atoms with van der Waals surface area (Å²) >= 11 is 0. The van der Waals surface area contributed by atoms with Gasteiger partial charge >= 0.3 is 0 Å². The quantitative estimate of drug-likeness (QED) is 0.735. The molecule has 3 amide bonds. The lowest BCUT2D eigenvalue weighted by atomic mass is 10.1. The van der Waals surface area contributed by atoms with Crippen LogP contribution in [0.5, 0.6) is 11.5 Å². The van der Waals surface area contributed by atoms with Crippen LogP contribution < -0.4 is 25.4 Å². The number of nitrogens with one attached hydrogen (secondary N) is 3. The molecule has 0 saturated heterocycles. The predicted molar refractivity (Wildman–Crippen MR) is 100 cm³/mol. The van der Waals surface area contributed by atoms with E-state index in [2.05, 4.69) is 16.0 Å². The minimum atomic E-state index is -0.954. The molecule has 0 saturated carbocycles. The maximum Gasteiger partial charge on any atom is 0.254 e. The highest BCUT2D eigenvalue weighted by Gasteiger charge is 2.30. The monoisotopic (exact) mass is 381 g/mol. The molecule has 8 nitrogen and oxygen atoms in total. The molecule has 0 spiro atoms. The van der Waals surface area contributed by atoms with E-state index in [0.717, 1.165) is 0 Å². The second-order valence-corrected chi connectivity index (χ2v) is 6.57. The van der Waals surface area contributed by atoms with Crippen LogP contribution in [0.25, 0.3) is 0 Å². The van der Waals surface area contributed by atoms with Crippen molar-refractivity contribution in [2.75, 3.05) is 18.5 Å². The molecule has 0 aromatic heterocycles. The fraction of sp³-hybridized carbons (Fsp3) is 0.250. The van der Waals surface area contributed by atoms with E-state index in [1.165, 1.54) is 0 Å². The zero-order valence-electron chi connectivity index (χ0n) is 14.9. The molecule has 4 rings (SSSR count). The Balaban J connectivity index is 1.32. The summed E-state index contributed by atoms with van der Waals surface area (Å²) in [6.45, 7) is 0.545. The van der Waals surface area contributed by atoms with E-state index in [4.69, 9.17) is 9.47 Å². The zero-order chi connectivity index (χ0) is 19.5. The Kier molecular flexibility index (Phi) is 4.84. The topological polar surface area (TPSA) is 106 Å². The first kappa shape index (κ1) is 17.8. The second-order valence-electron chi connectivity index (χ2n) is 6.57. The lowest BCUT2D eigenvalue weighted by Gasteiger charge is -2.26. The fourth-order valence-corrected chi connectivity index (χ4v) is 3.10. The number of hydrogen-bond acceptors (Lipinski definition) is 5. The minimum Gasteiger partial charge on any atom is -0.486 e. The van der Waals surface area contributed by atoms with Gasteiger partial charge in [0.15, 0.2) is 11.5 Å². The number of ether oxygens (including phenoxy) is 2. The Labute approximate surface area is 161 Å². The number of para-hydroxylation sites is 3. The Bertz CT molecular complexity index is 930. The van der Waals surface area contributed by atoms with Gasteiger partial charge in [0.1, 0.15) is 18.8 Å². The van der Waals surface area contributed by atoms with Crippen LogP contribution in [0.2, 0.25) is 0 Å². The van der Waals surface area contributed by atoms with E-state index in [1.54, 1.807) is 30.3 Å². The van der Waals surface area contributed by atoms with Gasteiger partial charge < -0.3 is 25.4 Å². The predicted octanol–water partition coefficient (Wildman–Crippen LogP) is 1.08. The number of anilines is 1. The summed E-state index contributed by atoms with van der Waals surface area (Å²) in [4.78, 5) is 36.9. The molecular weight excluding hydrogens is 362 g/mol. The van der Waals surface area contributed by atoms with Gasteiger partial charge in [-0.15, -0.1) is 0 Å². The summed E-state index contributed by atoms with van der Waals surface area (Å²) in [5, 5.41) is 8.01. The van der Waals surface area contributed by atoms with Gasteiger partial charge in [0, 0.05) is 0 Å². The molecule has 2 aliphatic rings. The highest BCUT2D eigenvalue weighted by Crippen LogP contribution is 2.30. The Morgan fingerprint density at radius 2 is 1.82 bits per heavy atom. The van der Waals surface area contributed by atoms with Crippen molar-refractivity contribution >= 4 is 23.4 Å². The molecule has 8 heteroatoms. The second kappa shape index (κ2) is 7.59. The number of carbonyl (C=O) groups excluding carboxylic acids is 3. The third kappa shape index (κ3) is 3.75. The third-order valence-corrected chi connectivity index (χ3v) is 4.54.